The first kappa shape index (κ1) is 26.8. The van der Waals surface area contributed by atoms with Gasteiger partial charge in [-0.15, -0.1) is 0 Å². The summed E-state index contributed by atoms with van der Waals surface area (Å²) < 4.78 is 7.74. The molecule has 0 atom stereocenters. The van der Waals surface area contributed by atoms with Gasteiger partial charge in [-0.1, -0.05) is 32.0 Å². The van der Waals surface area contributed by atoms with Crippen molar-refractivity contribution in [2.45, 2.75) is 65.5 Å². The van der Waals surface area contributed by atoms with Crippen molar-refractivity contribution in [2.75, 3.05) is 13.2 Å². The standard InChI is InChI=1S/C30H31N5O2.C2H6/c1-20-5-4-6-25(32-20)28-29(35-16-3-2-7-27(35)34-28)23-12-15-31-26(19-23)21-8-10-22(11-9-21)30(36)33-24-13-17-37-18-14-24;1-2/h4-6,8-12,15,19,24H,2-3,7,13-14,16-18H2,1H3,(H,33,36);1-2H3. The van der Waals surface area contributed by atoms with Gasteiger partial charge in [0.2, 0.25) is 0 Å². The maximum Gasteiger partial charge on any atom is 0.251 e. The summed E-state index contributed by atoms with van der Waals surface area (Å²) in [5.41, 5.74) is 7.47. The molecule has 7 nitrogen and oxygen atoms in total. The van der Waals surface area contributed by atoms with E-state index in [2.05, 4.69) is 27.0 Å². The van der Waals surface area contributed by atoms with E-state index < -0.39 is 0 Å². The molecule has 1 aromatic carbocycles. The Labute approximate surface area is 230 Å². The zero-order chi connectivity index (χ0) is 27.2. The fourth-order valence-corrected chi connectivity index (χ4v) is 5.27. The van der Waals surface area contributed by atoms with E-state index in [4.69, 9.17) is 14.7 Å². The number of nitrogens with zero attached hydrogens (tertiary/aromatic N) is 4. The summed E-state index contributed by atoms with van der Waals surface area (Å²) in [6.45, 7) is 8.37. The first-order chi connectivity index (χ1) is 19.2. The number of benzene rings is 1. The van der Waals surface area contributed by atoms with Gasteiger partial charge in [0.1, 0.15) is 11.5 Å². The molecule has 0 saturated carbocycles. The number of carbonyl (C=O) groups is 1. The highest BCUT2D eigenvalue weighted by molar-refractivity contribution is 5.95. The summed E-state index contributed by atoms with van der Waals surface area (Å²) in [5, 5.41) is 3.13. The number of amides is 1. The van der Waals surface area contributed by atoms with Crippen LogP contribution in [-0.4, -0.2) is 44.7 Å². The molecule has 5 heterocycles. The molecular formula is C32H37N5O2. The van der Waals surface area contributed by atoms with Gasteiger partial charge in [0.05, 0.1) is 17.1 Å². The molecular weight excluding hydrogens is 486 g/mol. The summed E-state index contributed by atoms with van der Waals surface area (Å²) in [7, 11) is 0. The monoisotopic (exact) mass is 523 g/mol. The zero-order valence-electron chi connectivity index (χ0n) is 23.1. The number of carbonyl (C=O) groups excluding carboxylic acids is 1. The highest BCUT2D eigenvalue weighted by Crippen LogP contribution is 2.35. The average Bonchev–Trinajstić information content (AvgIpc) is 3.39. The van der Waals surface area contributed by atoms with Crippen LogP contribution in [0.4, 0.5) is 0 Å². The van der Waals surface area contributed by atoms with Gasteiger partial charge >= 0.3 is 0 Å². The van der Waals surface area contributed by atoms with E-state index in [1.54, 1.807) is 0 Å². The molecule has 6 rings (SSSR count). The number of pyridine rings is 2. The molecule has 0 radical (unpaired) electrons. The van der Waals surface area contributed by atoms with Gasteiger partial charge in [0.25, 0.3) is 5.91 Å². The molecule has 39 heavy (non-hydrogen) atoms. The van der Waals surface area contributed by atoms with E-state index in [1.807, 2.05) is 69.4 Å². The molecule has 2 aliphatic rings. The van der Waals surface area contributed by atoms with Gasteiger partial charge in [-0.2, -0.15) is 0 Å². The van der Waals surface area contributed by atoms with E-state index in [-0.39, 0.29) is 11.9 Å². The fraction of sp³-hybridized carbons (Fsp3) is 0.375. The highest BCUT2D eigenvalue weighted by Gasteiger charge is 2.23. The van der Waals surface area contributed by atoms with Crippen LogP contribution < -0.4 is 5.32 Å². The lowest BCUT2D eigenvalue weighted by Crippen LogP contribution is -2.38. The van der Waals surface area contributed by atoms with E-state index in [0.717, 1.165) is 84.1 Å². The molecule has 3 aromatic heterocycles. The third-order valence-electron chi connectivity index (χ3n) is 7.24. The van der Waals surface area contributed by atoms with Crippen LogP contribution in [0.5, 0.6) is 0 Å². The Morgan fingerprint density at radius 2 is 1.74 bits per heavy atom. The van der Waals surface area contributed by atoms with Crippen molar-refractivity contribution in [1.82, 2.24) is 24.8 Å². The smallest absolute Gasteiger partial charge is 0.251 e. The summed E-state index contributed by atoms with van der Waals surface area (Å²) in [6, 6.07) is 18.1. The normalized spacial score (nSPS) is 15.2. The third-order valence-corrected chi connectivity index (χ3v) is 7.24. The van der Waals surface area contributed by atoms with Crippen molar-refractivity contribution in [1.29, 1.82) is 0 Å². The summed E-state index contributed by atoms with van der Waals surface area (Å²) in [4.78, 5) is 27.2. The predicted octanol–water partition coefficient (Wildman–Crippen LogP) is 6.25. The second-order valence-corrected chi connectivity index (χ2v) is 9.87. The quantitative estimate of drug-likeness (QED) is 0.334. The minimum Gasteiger partial charge on any atom is -0.381 e. The Bertz CT molecular complexity index is 1420. The molecule has 7 heteroatoms. The van der Waals surface area contributed by atoms with Crippen LogP contribution in [-0.2, 0) is 17.7 Å². The van der Waals surface area contributed by atoms with Gasteiger partial charge in [-0.25, -0.2) is 4.98 Å². The number of hydrogen-bond acceptors (Lipinski definition) is 5. The SMILES string of the molecule is CC.Cc1cccc(-c2nc3n(c2-c2ccnc(-c4ccc(C(=O)NC5CCOCC5)cc4)c2)CCCC3)n1. The molecule has 0 unspecified atom stereocenters. The van der Waals surface area contributed by atoms with Crippen LogP contribution in [0.15, 0.2) is 60.8 Å². The molecule has 1 amide bonds. The summed E-state index contributed by atoms with van der Waals surface area (Å²) >= 11 is 0. The Kier molecular flexibility index (Phi) is 8.47. The maximum atomic E-state index is 12.7. The Morgan fingerprint density at radius 1 is 0.949 bits per heavy atom. The fourth-order valence-electron chi connectivity index (χ4n) is 5.27. The van der Waals surface area contributed by atoms with Crippen LogP contribution in [0.2, 0.25) is 0 Å². The number of fused-ring (bicyclic) bond motifs is 1. The zero-order valence-corrected chi connectivity index (χ0v) is 23.1. The molecule has 0 spiro atoms. The lowest BCUT2D eigenvalue weighted by Gasteiger charge is -2.23. The van der Waals surface area contributed by atoms with Gasteiger partial charge in [0.15, 0.2) is 0 Å². The van der Waals surface area contributed by atoms with Crippen molar-refractivity contribution in [2.24, 2.45) is 0 Å². The van der Waals surface area contributed by atoms with Crippen LogP contribution >= 0.6 is 0 Å². The first-order valence-electron chi connectivity index (χ1n) is 14.1. The molecule has 1 saturated heterocycles. The lowest BCUT2D eigenvalue weighted by molar-refractivity contribution is 0.0696. The molecule has 202 valence electrons. The van der Waals surface area contributed by atoms with Gasteiger partial charge in [-0.3, -0.25) is 14.8 Å². The molecule has 2 aliphatic heterocycles. The van der Waals surface area contributed by atoms with Crippen LogP contribution in [0.25, 0.3) is 33.9 Å². The Balaban J connectivity index is 0.00000151. The summed E-state index contributed by atoms with van der Waals surface area (Å²) in [6.07, 6.45) is 6.86. The summed E-state index contributed by atoms with van der Waals surface area (Å²) in [5.74, 6) is 1.08. The van der Waals surface area contributed by atoms with Gasteiger partial charge < -0.3 is 14.6 Å². The van der Waals surface area contributed by atoms with Crippen molar-refractivity contribution in [3.05, 3.63) is 77.9 Å². The predicted molar refractivity (Wildman–Crippen MR) is 154 cm³/mol. The second kappa shape index (κ2) is 12.3. The first-order valence-corrected chi connectivity index (χ1v) is 14.1. The topological polar surface area (TPSA) is 81.9 Å². The van der Waals surface area contributed by atoms with Gasteiger partial charge in [0, 0.05) is 60.8 Å². The van der Waals surface area contributed by atoms with E-state index in [9.17, 15) is 4.79 Å². The van der Waals surface area contributed by atoms with Crippen LogP contribution in [0, 0.1) is 6.92 Å². The van der Waals surface area contributed by atoms with Crippen molar-refractivity contribution >= 4 is 5.91 Å². The number of hydrogen-bond donors (Lipinski definition) is 1. The number of rotatable bonds is 5. The molecule has 4 aromatic rings. The molecule has 1 N–H and O–H groups in total. The Hall–Kier alpha value is -3.84. The molecule has 1 fully saturated rings. The Morgan fingerprint density at radius 3 is 2.51 bits per heavy atom. The number of aromatic nitrogens is 4. The number of imidazole rings is 1. The third kappa shape index (κ3) is 5.93. The average molecular weight is 524 g/mol. The highest BCUT2D eigenvalue weighted by atomic mass is 16.5. The van der Waals surface area contributed by atoms with Crippen LogP contribution in [0.3, 0.4) is 0 Å². The molecule has 0 bridgehead atoms. The lowest BCUT2D eigenvalue weighted by atomic mass is 10.0. The second-order valence-electron chi connectivity index (χ2n) is 9.87. The largest absolute Gasteiger partial charge is 0.381 e. The maximum absolute atomic E-state index is 12.7. The minimum atomic E-state index is -0.0404. The number of ether oxygens (including phenoxy) is 1. The van der Waals surface area contributed by atoms with Gasteiger partial charge in [-0.05, 0) is 69.0 Å². The van der Waals surface area contributed by atoms with Crippen molar-refractivity contribution in [3.63, 3.8) is 0 Å². The van der Waals surface area contributed by atoms with Crippen LogP contribution in [0.1, 0.15) is 61.4 Å². The van der Waals surface area contributed by atoms with Crippen molar-refractivity contribution < 1.29 is 9.53 Å². The van der Waals surface area contributed by atoms with E-state index in [1.165, 1.54) is 0 Å². The number of aryl methyl sites for hydroxylation is 2. The van der Waals surface area contributed by atoms with Crippen molar-refractivity contribution in [3.8, 4) is 33.9 Å². The van der Waals surface area contributed by atoms with E-state index >= 15 is 0 Å². The molecule has 0 aliphatic carbocycles. The minimum absolute atomic E-state index is 0.0404. The van der Waals surface area contributed by atoms with E-state index in [0.29, 0.717) is 18.8 Å². The number of nitrogens with one attached hydrogen (secondary N) is 1.